The molecule has 0 spiro atoms. The Morgan fingerprint density at radius 2 is 2.25 bits per heavy atom. The second-order valence-corrected chi connectivity index (χ2v) is 3.09. The number of carbonyl (C=O) groups is 1. The molecular weight excluding hydrogens is 204 g/mol. The van der Waals surface area contributed by atoms with Crippen molar-refractivity contribution in [3.05, 3.63) is 29.8 Å². The minimum absolute atomic E-state index is 0.209. The lowest BCUT2D eigenvalue weighted by Crippen LogP contribution is -2.24. The van der Waals surface area contributed by atoms with Gasteiger partial charge in [-0.05, 0) is 19.1 Å². The molecule has 1 aromatic carbocycles. The van der Waals surface area contributed by atoms with Crippen LogP contribution in [0.3, 0.4) is 0 Å². The summed E-state index contributed by atoms with van der Waals surface area (Å²) in [6, 6.07) is 9.02. The molecule has 0 aromatic heterocycles. The van der Waals surface area contributed by atoms with Crippen molar-refractivity contribution in [2.75, 3.05) is 13.2 Å². The fourth-order valence-electron chi connectivity index (χ4n) is 1.26. The zero-order valence-electron chi connectivity index (χ0n) is 9.19. The average Bonchev–Trinajstić information content (AvgIpc) is 2.30. The zero-order chi connectivity index (χ0) is 11.8. The minimum Gasteiger partial charge on any atom is -0.493 e. The summed E-state index contributed by atoms with van der Waals surface area (Å²) in [7, 11) is 0. The van der Waals surface area contributed by atoms with Gasteiger partial charge in [-0.15, -0.1) is 0 Å². The second kappa shape index (κ2) is 6.46. The number of carbonyl (C=O) groups excluding carboxylic acids is 1. The SMILES string of the molecule is CCOc1ccccc1C(=O)NCCC#N. The Bertz CT molecular complexity index is 396. The molecule has 0 aliphatic rings. The lowest BCUT2D eigenvalue weighted by molar-refractivity contribution is 0.0951. The zero-order valence-corrected chi connectivity index (χ0v) is 9.19. The summed E-state index contributed by atoms with van der Waals surface area (Å²) in [4.78, 5) is 11.7. The van der Waals surface area contributed by atoms with Crippen LogP contribution in [0.15, 0.2) is 24.3 Å². The molecule has 0 atom stereocenters. The van der Waals surface area contributed by atoms with E-state index < -0.39 is 0 Å². The van der Waals surface area contributed by atoms with Crippen molar-refractivity contribution in [2.45, 2.75) is 13.3 Å². The number of para-hydroxylation sites is 1. The molecule has 1 N–H and O–H groups in total. The highest BCUT2D eigenvalue weighted by Crippen LogP contribution is 2.17. The largest absolute Gasteiger partial charge is 0.493 e. The van der Waals surface area contributed by atoms with Crippen LogP contribution in [0.5, 0.6) is 5.75 Å². The number of nitrogens with one attached hydrogen (secondary N) is 1. The highest BCUT2D eigenvalue weighted by atomic mass is 16.5. The number of nitriles is 1. The van der Waals surface area contributed by atoms with E-state index in [4.69, 9.17) is 10.00 Å². The van der Waals surface area contributed by atoms with Gasteiger partial charge in [0.15, 0.2) is 0 Å². The lowest BCUT2D eigenvalue weighted by atomic mass is 10.2. The number of hydrogen-bond acceptors (Lipinski definition) is 3. The van der Waals surface area contributed by atoms with Crippen LogP contribution in [0.4, 0.5) is 0 Å². The molecule has 0 saturated carbocycles. The topological polar surface area (TPSA) is 62.1 Å². The van der Waals surface area contributed by atoms with Crippen LogP contribution in [0, 0.1) is 11.3 Å². The van der Waals surface area contributed by atoms with Gasteiger partial charge in [0.1, 0.15) is 5.75 Å². The van der Waals surface area contributed by atoms with E-state index in [9.17, 15) is 4.79 Å². The summed E-state index contributed by atoms with van der Waals surface area (Å²) in [6.45, 7) is 2.74. The number of amides is 1. The summed E-state index contributed by atoms with van der Waals surface area (Å²) < 4.78 is 5.34. The van der Waals surface area contributed by atoms with Gasteiger partial charge in [0.2, 0.25) is 0 Å². The fraction of sp³-hybridized carbons (Fsp3) is 0.333. The van der Waals surface area contributed by atoms with Crippen LogP contribution in [-0.4, -0.2) is 19.1 Å². The Morgan fingerprint density at radius 1 is 1.50 bits per heavy atom. The fourth-order valence-corrected chi connectivity index (χ4v) is 1.26. The van der Waals surface area contributed by atoms with Crippen molar-refractivity contribution in [1.82, 2.24) is 5.32 Å². The monoisotopic (exact) mass is 218 g/mol. The first-order chi connectivity index (χ1) is 7.79. The summed E-state index contributed by atoms with van der Waals surface area (Å²) >= 11 is 0. The van der Waals surface area contributed by atoms with E-state index in [-0.39, 0.29) is 5.91 Å². The predicted octanol–water partition coefficient (Wildman–Crippen LogP) is 1.73. The van der Waals surface area contributed by atoms with E-state index >= 15 is 0 Å². The quantitative estimate of drug-likeness (QED) is 0.765. The first kappa shape index (κ1) is 12.1. The third-order valence-electron chi connectivity index (χ3n) is 1.95. The molecule has 0 bridgehead atoms. The van der Waals surface area contributed by atoms with Crippen molar-refractivity contribution in [3.8, 4) is 11.8 Å². The van der Waals surface area contributed by atoms with Crippen molar-refractivity contribution < 1.29 is 9.53 Å². The molecule has 84 valence electrons. The number of nitrogens with zero attached hydrogens (tertiary/aromatic N) is 1. The van der Waals surface area contributed by atoms with Gasteiger partial charge >= 0.3 is 0 Å². The highest BCUT2D eigenvalue weighted by molar-refractivity contribution is 5.96. The molecule has 0 heterocycles. The number of rotatable bonds is 5. The predicted molar refractivity (Wildman–Crippen MR) is 60.2 cm³/mol. The molecule has 1 rings (SSSR count). The van der Waals surface area contributed by atoms with Crippen molar-refractivity contribution in [1.29, 1.82) is 5.26 Å². The standard InChI is InChI=1S/C12H14N2O2/c1-2-16-11-7-4-3-6-10(11)12(15)14-9-5-8-13/h3-4,6-7H,2,5,9H2,1H3,(H,14,15). The van der Waals surface area contributed by atoms with Gasteiger partial charge < -0.3 is 10.1 Å². The molecular formula is C12H14N2O2. The first-order valence-corrected chi connectivity index (χ1v) is 5.16. The molecule has 1 aromatic rings. The summed E-state index contributed by atoms with van der Waals surface area (Å²) in [5, 5.41) is 11.0. The van der Waals surface area contributed by atoms with E-state index in [2.05, 4.69) is 5.32 Å². The Labute approximate surface area is 94.8 Å². The van der Waals surface area contributed by atoms with Crippen LogP contribution in [0.1, 0.15) is 23.7 Å². The molecule has 0 saturated heterocycles. The van der Waals surface area contributed by atoms with E-state index in [1.807, 2.05) is 19.1 Å². The molecule has 16 heavy (non-hydrogen) atoms. The van der Waals surface area contributed by atoms with Crippen molar-refractivity contribution >= 4 is 5.91 Å². The average molecular weight is 218 g/mol. The van der Waals surface area contributed by atoms with E-state index in [1.165, 1.54) is 0 Å². The lowest BCUT2D eigenvalue weighted by Gasteiger charge is -2.09. The molecule has 0 aliphatic carbocycles. The second-order valence-electron chi connectivity index (χ2n) is 3.09. The maximum Gasteiger partial charge on any atom is 0.255 e. The Morgan fingerprint density at radius 3 is 2.94 bits per heavy atom. The molecule has 0 unspecified atom stereocenters. The van der Waals surface area contributed by atoms with E-state index in [0.29, 0.717) is 30.9 Å². The Balaban J connectivity index is 2.70. The summed E-state index contributed by atoms with van der Waals surface area (Å²) in [6.07, 6.45) is 0.308. The summed E-state index contributed by atoms with van der Waals surface area (Å²) in [5.74, 6) is 0.360. The number of benzene rings is 1. The van der Waals surface area contributed by atoms with E-state index in [1.54, 1.807) is 18.2 Å². The van der Waals surface area contributed by atoms with Gasteiger partial charge in [0, 0.05) is 6.54 Å². The van der Waals surface area contributed by atoms with Gasteiger partial charge in [0.05, 0.1) is 24.7 Å². The number of hydrogen-bond donors (Lipinski definition) is 1. The third kappa shape index (κ3) is 3.28. The molecule has 1 amide bonds. The number of ether oxygens (including phenoxy) is 1. The van der Waals surface area contributed by atoms with Crippen molar-refractivity contribution in [3.63, 3.8) is 0 Å². The maximum absolute atomic E-state index is 11.7. The van der Waals surface area contributed by atoms with Gasteiger partial charge in [-0.3, -0.25) is 4.79 Å². The normalized spacial score (nSPS) is 9.25. The van der Waals surface area contributed by atoms with Crippen LogP contribution >= 0.6 is 0 Å². The van der Waals surface area contributed by atoms with E-state index in [0.717, 1.165) is 0 Å². The molecule has 4 heteroatoms. The van der Waals surface area contributed by atoms with Gasteiger partial charge in [0.25, 0.3) is 5.91 Å². The Kier molecular flexibility index (Phi) is 4.87. The van der Waals surface area contributed by atoms with Crippen LogP contribution in [0.25, 0.3) is 0 Å². The maximum atomic E-state index is 11.7. The molecule has 0 fully saturated rings. The van der Waals surface area contributed by atoms with Gasteiger partial charge in [-0.1, -0.05) is 12.1 Å². The third-order valence-corrected chi connectivity index (χ3v) is 1.95. The van der Waals surface area contributed by atoms with Gasteiger partial charge in [-0.2, -0.15) is 5.26 Å². The Hall–Kier alpha value is -2.02. The summed E-state index contributed by atoms with van der Waals surface area (Å²) in [5.41, 5.74) is 0.502. The van der Waals surface area contributed by atoms with Crippen LogP contribution in [-0.2, 0) is 0 Å². The van der Waals surface area contributed by atoms with Crippen LogP contribution < -0.4 is 10.1 Å². The smallest absolute Gasteiger partial charge is 0.255 e. The van der Waals surface area contributed by atoms with Crippen molar-refractivity contribution in [2.24, 2.45) is 0 Å². The van der Waals surface area contributed by atoms with Crippen LogP contribution in [0.2, 0.25) is 0 Å². The molecule has 4 nitrogen and oxygen atoms in total. The minimum atomic E-state index is -0.209. The highest BCUT2D eigenvalue weighted by Gasteiger charge is 2.10. The molecule has 0 aliphatic heterocycles. The first-order valence-electron chi connectivity index (χ1n) is 5.16. The molecule has 0 radical (unpaired) electrons. The van der Waals surface area contributed by atoms with Gasteiger partial charge in [-0.25, -0.2) is 0 Å².